The molecule has 0 radical (unpaired) electrons. The molecule has 14 heavy (non-hydrogen) atoms. The van der Waals surface area contributed by atoms with Crippen LogP contribution in [0.5, 0.6) is 5.75 Å². The third-order valence-corrected chi connectivity index (χ3v) is 2.18. The Hall–Kier alpha value is -1.06. The molecule has 0 spiro atoms. The van der Waals surface area contributed by atoms with Crippen LogP contribution in [0.25, 0.3) is 0 Å². The molecule has 0 heterocycles. The fourth-order valence-corrected chi connectivity index (χ4v) is 1.44. The highest BCUT2D eigenvalue weighted by Gasteiger charge is 2.06. The number of benzene rings is 1. The third-order valence-electron chi connectivity index (χ3n) is 2.18. The molecule has 1 atom stereocenters. The highest BCUT2D eigenvalue weighted by molar-refractivity contribution is 5.30. The second-order valence-corrected chi connectivity index (χ2v) is 3.13. The van der Waals surface area contributed by atoms with E-state index >= 15 is 0 Å². The predicted molar refractivity (Wildman–Crippen MR) is 58.0 cm³/mol. The molecule has 0 aliphatic rings. The Balaban J connectivity index is 2.81. The number of nitrogens with one attached hydrogen (secondary N) is 1. The van der Waals surface area contributed by atoms with Crippen molar-refractivity contribution in [3.8, 4) is 5.75 Å². The van der Waals surface area contributed by atoms with Crippen molar-refractivity contribution in [3.05, 3.63) is 29.8 Å². The van der Waals surface area contributed by atoms with Crippen LogP contribution in [-0.2, 0) is 0 Å². The van der Waals surface area contributed by atoms with E-state index in [1.807, 2.05) is 25.1 Å². The van der Waals surface area contributed by atoms with Gasteiger partial charge in [-0.05, 0) is 31.0 Å². The molecule has 0 saturated heterocycles. The minimum absolute atomic E-state index is 0.204. The number of ether oxygens (including phenoxy) is 1. The summed E-state index contributed by atoms with van der Waals surface area (Å²) in [5.74, 6) is 6.35. The van der Waals surface area contributed by atoms with Gasteiger partial charge in [-0.3, -0.25) is 11.3 Å². The van der Waals surface area contributed by atoms with E-state index < -0.39 is 0 Å². The molecule has 0 bridgehead atoms. The SMILES string of the molecule is CCOc1cccc(C(CC)NN)c1. The Morgan fingerprint density at radius 3 is 2.79 bits per heavy atom. The monoisotopic (exact) mass is 194 g/mol. The van der Waals surface area contributed by atoms with Crippen LogP contribution < -0.4 is 16.0 Å². The van der Waals surface area contributed by atoms with Gasteiger partial charge in [0, 0.05) is 6.04 Å². The maximum absolute atomic E-state index is 5.45. The first-order chi connectivity index (χ1) is 6.81. The summed E-state index contributed by atoms with van der Waals surface area (Å²) in [6, 6.07) is 8.22. The van der Waals surface area contributed by atoms with Gasteiger partial charge in [0.05, 0.1) is 6.61 Å². The fourth-order valence-electron chi connectivity index (χ4n) is 1.44. The van der Waals surface area contributed by atoms with Crippen molar-refractivity contribution < 1.29 is 4.74 Å². The van der Waals surface area contributed by atoms with Crippen molar-refractivity contribution >= 4 is 0 Å². The largest absolute Gasteiger partial charge is 0.494 e. The summed E-state index contributed by atoms with van der Waals surface area (Å²) in [4.78, 5) is 0. The minimum atomic E-state index is 0.204. The first-order valence-electron chi connectivity index (χ1n) is 5.00. The highest BCUT2D eigenvalue weighted by Crippen LogP contribution is 2.20. The van der Waals surface area contributed by atoms with Crippen LogP contribution in [0.3, 0.4) is 0 Å². The van der Waals surface area contributed by atoms with Gasteiger partial charge in [0.15, 0.2) is 0 Å². The van der Waals surface area contributed by atoms with E-state index in [-0.39, 0.29) is 6.04 Å². The van der Waals surface area contributed by atoms with Crippen LogP contribution in [0.2, 0.25) is 0 Å². The number of rotatable bonds is 5. The standard InChI is InChI=1S/C11H18N2O/c1-3-11(13-12)9-6-5-7-10(8-9)14-4-2/h5-8,11,13H,3-4,12H2,1-2H3. The normalized spacial score (nSPS) is 12.5. The Kier molecular flexibility index (Phi) is 4.43. The van der Waals surface area contributed by atoms with E-state index in [2.05, 4.69) is 18.4 Å². The summed E-state index contributed by atoms with van der Waals surface area (Å²) >= 11 is 0. The van der Waals surface area contributed by atoms with Crippen molar-refractivity contribution in [2.75, 3.05) is 6.61 Å². The molecule has 0 fully saturated rings. The van der Waals surface area contributed by atoms with E-state index in [1.165, 1.54) is 5.56 Å². The van der Waals surface area contributed by atoms with Gasteiger partial charge in [-0.25, -0.2) is 0 Å². The Bertz CT molecular complexity index is 272. The molecule has 3 N–H and O–H groups in total. The van der Waals surface area contributed by atoms with Gasteiger partial charge < -0.3 is 4.74 Å². The summed E-state index contributed by atoms with van der Waals surface area (Å²) in [6.07, 6.45) is 0.964. The summed E-state index contributed by atoms with van der Waals surface area (Å²) in [7, 11) is 0. The van der Waals surface area contributed by atoms with Crippen LogP contribution in [0.4, 0.5) is 0 Å². The molecule has 1 aromatic rings. The van der Waals surface area contributed by atoms with Gasteiger partial charge in [-0.2, -0.15) is 0 Å². The topological polar surface area (TPSA) is 47.3 Å². The predicted octanol–water partition coefficient (Wildman–Crippen LogP) is 2.00. The lowest BCUT2D eigenvalue weighted by atomic mass is 10.1. The molecule has 0 aliphatic carbocycles. The zero-order valence-electron chi connectivity index (χ0n) is 8.79. The van der Waals surface area contributed by atoms with Crippen LogP contribution in [0.15, 0.2) is 24.3 Å². The van der Waals surface area contributed by atoms with Gasteiger partial charge in [0.25, 0.3) is 0 Å². The van der Waals surface area contributed by atoms with Crippen molar-refractivity contribution in [2.45, 2.75) is 26.3 Å². The summed E-state index contributed by atoms with van der Waals surface area (Å²) in [6.45, 7) is 4.76. The summed E-state index contributed by atoms with van der Waals surface area (Å²) in [5.41, 5.74) is 3.95. The van der Waals surface area contributed by atoms with E-state index in [0.717, 1.165) is 12.2 Å². The minimum Gasteiger partial charge on any atom is -0.494 e. The van der Waals surface area contributed by atoms with E-state index in [9.17, 15) is 0 Å². The van der Waals surface area contributed by atoms with Crippen LogP contribution in [0, 0.1) is 0 Å². The Morgan fingerprint density at radius 2 is 2.21 bits per heavy atom. The molecule has 0 aromatic heterocycles. The molecule has 1 rings (SSSR count). The molecule has 3 nitrogen and oxygen atoms in total. The lowest BCUT2D eigenvalue weighted by Crippen LogP contribution is -2.27. The molecule has 1 aromatic carbocycles. The van der Waals surface area contributed by atoms with Crippen molar-refractivity contribution in [1.82, 2.24) is 5.43 Å². The number of nitrogens with two attached hydrogens (primary N) is 1. The molecular formula is C11H18N2O. The smallest absolute Gasteiger partial charge is 0.119 e. The second-order valence-electron chi connectivity index (χ2n) is 3.13. The second kappa shape index (κ2) is 5.62. The highest BCUT2D eigenvalue weighted by atomic mass is 16.5. The molecule has 0 aliphatic heterocycles. The average molecular weight is 194 g/mol. The maximum Gasteiger partial charge on any atom is 0.119 e. The van der Waals surface area contributed by atoms with Crippen LogP contribution in [-0.4, -0.2) is 6.61 Å². The molecular weight excluding hydrogens is 176 g/mol. The Labute approximate surface area is 85.2 Å². The van der Waals surface area contributed by atoms with Crippen molar-refractivity contribution in [3.63, 3.8) is 0 Å². The average Bonchev–Trinajstić information content (AvgIpc) is 2.21. The Morgan fingerprint density at radius 1 is 1.43 bits per heavy atom. The zero-order chi connectivity index (χ0) is 10.4. The van der Waals surface area contributed by atoms with Gasteiger partial charge in [-0.15, -0.1) is 0 Å². The third kappa shape index (κ3) is 2.72. The van der Waals surface area contributed by atoms with Crippen molar-refractivity contribution in [1.29, 1.82) is 0 Å². The molecule has 1 unspecified atom stereocenters. The first kappa shape index (κ1) is 11.0. The van der Waals surface area contributed by atoms with E-state index in [0.29, 0.717) is 6.61 Å². The van der Waals surface area contributed by atoms with Crippen LogP contribution >= 0.6 is 0 Å². The fraction of sp³-hybridized carbons (Fsp3) is 0.455. The van der Waals surface area contributed by atoms with Gasteiger partial charge in [-0.1, -0.05) is 19.1 Å². The lowest BCUT2D eigenvalue weighted by molar-refractivity contribution is 0.339. The van der Waals surface area contributed by atoms with E-state index in [1.54, 1.807) is 0 Å². The number of hydrazine groups is 1. The summed E-state index contributed by atoms with van der Waals surface area (Å²) in [5, 5.41) is 0. The maximum atomic E-state index is 5.45. The number of hydrogen-bond donors (Lipinski definition) is 2. The van der Waals surface area contributed by atoms with Crippen molar-refractivity contribution in [2.24, 2.45) is 5.84 Å². The quantitative estimate of drug-likeness (QED) is 0.556. The lowest BCUT2D eigenvalue weighted by Gasteiger charge is -2.14. The van der Waals surface area contributed by atoms with Crippen LogP contribution in [0.1, 0.15) is 31.9 Å². The summed E-state index contributed by atoms with van der Waals surface area (Å²) < 4.78 is 5.42. The van der Waals surface area contributed by atoms with Gasteiger partial charge in [0.1, 0.15) is 5.75 Å². The molecule has 0 amide bonds. The molecule has 3 heteroatoms. The number of hydrogen-bond acceptors (Lipinski definition) is 3. The van der Waals surface area contributed by atoms with Gasteiger partial charge in [0.2, 0.25) is 0 Å². The first-order valence-corrected chi connectivity index (χ1v) is 5.00. The van der Waals surface area contributed by atoms with Gasteiger partial charge >= 0.3 is 0 Å². The molecule has 0 saturated carbocycles. The molecule has 78 valence electrons. The van der Waals surface area contributed by atoms with E-state index in [4.69, 9.17) is 10.6 Å². The zero-order valence-corrected chi connectivity index (χ0v) is 8.79.